The van der Waals surface area contributed by atoms with Crippen LogP contribution in [0.15, 0.2) is 48.5 Å². The Balaban J connectivity index is 2.07. The van der Waals surface area contributed by atoms with Crippen molar-refractivity contribution in [2.24, 2.45) is 5.92 Å². The molecule has 0 radical (unpaired) electrons. The van der Waals surface area contributed by atoms with Gasteiger partial charge >= 0.3 is 0 Å². The number of hydrogen-bond donors (Lipinski definition) is 1. The molecule has 0 aliphatic rings. The Morgan fingerprint density at radius 2 is 1.91 bits per heavy atom. The number of carbonyl (C=O) groups excluding carboxylic acids is 1. The van der Waals surface area contributed by atoms with Crippen molar-refractivity contribution in [2.75, 3.05) is 6.54 Å². The van der Waals surface area contributed by atoms with E-state index in [9.17, 15) is 9.18 Å². The molecule has 3 nitrogen and oxygen atoms in total. The molecule has 0 atom stereocenters. The average molecular weight is 301 g/mol. The minimum atomic E-state index is -0.498. The Labute approximate surface area is 130 Å². The fourth-order valence-electron chi connectivity index (χ4n) is 1.91. The van der Waals surface area contributed by atoms with Crippen molar-refractivity contribution in [3.63, 3.8) is 0 Å². The molecule has 0 fully saturated rings. The van der Waals surface area contributed by atoms with E-state index in [1.54, 1.807) is 24.3 Å². The molecule has 0 aromatic heterocycles. The molecule has 2 aromatic rings. The van der Waals surface area contributed by atoms with Gasteiger partial charge in [-0.3, -0.25) is 4.79 Å². The molecular formula is C18H20FNO2. The van der Waals surface area contributed by atoms with Crippen molar-refractivity contribution in [3.05, 3.63) is 59.9 Å². The average Bonchev–Trinajstić information content (AvgIpc) is 2.50. The van der Waals surface area contributed by atoms with E-state index in [2.05, 4.69) is 19.2 Å². The molecule has 116 valence electrons. The molecule has 2 rings (SSSR count). The second kappa shape index (κ2) is 7.59. The number of benzene rings is 2. The lowest BCUT2D eigenvalue weighted by atomic mass is 10.1. The van der Waals surface area contributed by atoms with E-state index in [1.807, 2.05) is 6.07 Å². The predicted octanol–water partition coefficient (Wildman–Crippen LogP) is 4.39. The molecule has 0 bridgehead atoms. The van der Waals surface area contributed by atoms with Gasteiger partial charge in [0.2, 0.25) is 0 Å². The Morgan fingerprint density at radius 3 is 2.59 bits per heavy atom. The summed E-state index contributed by atoms with van der Waals surface area (Å²) in [6, 6.07) is 13.0. The first-order chi connectivity index (χ1) is 10.6. The van der Waals surface area contributed by atoms with Crippen LogP contribution in [0.1, 0.15) is 30.6 Å². The standard InChI is InChI=1S/C18H20FNO2/c1-13(2)10-11-20-18(21)14-8-9-16(19)17(12-14)22-15-6-4-3-5-7-15/h3-9,12-13H,10-11H2,1-2H3,(H,20,21). The van der Waals surface area contributed by atoms with Crippen LogP contribution in [0, 0.1) is 11.7 Å². The molecule has 1 N–H and O–H groups in total. The Hall–Kier alpha value is -2.36. The third kappa shape index (κ3) is 4.58. The molecule has 1 amide bonds. The molecule has 0 saturated heterocycles. The summed E-state index contributed by atoms with van der Waals surface area (Å²) in [6.07, 6.45) is 0.903. The van der Waals surface area contributed by atoms with Crippen LogP contribution in [0.25, 0.3) is 0 Å². The quantitative estimate of drug-likeness (QED) is 0.859. The molecule has 0 heterocycles. The van der Waals surface area contributed by atoms with Crippen LogP contribution in [-0.2, 0) is 0 Å². The topological polar surface area (TPSA) is 38.3 Å². The number of para-hydroxylation sites is 1. The summed E-state index contributed by atoms with van der Waals surface area (Å²) >= 11 is 0. The van der Waals surface area contributed by atoms with Gasteiger partial charge in [0.25, 0.3) is 5.91 Å². The normalized spacial score (nSPS) is 10.5. The number of hydrogen-bond acceptors (Lipinski definition) is 2. The third-order valence-electron chi connectivity index (χ3n) is 3.17. The van der Waals surface area contributed by atoms with Crippen LogP contribution in [0.4, 0.5) is 4.39 Å². The number of nitrogens with one attached hydrogen (secondary N) is 1. The Morgan fingerprint density at radius 1 is 1.18 bits per heavy atom. The molecule has 0 unspecified atom stereocenters. The molecule has 2 aromatic carbocycles. The van der Waals surface area contributed by atoms with Crippen molar-refractivity contribution in [1.82, 2.24) is 5.32 Å². The molecule has 4 heteroatoms. The fraction of sp³-hybridized carbons (Fsp3) is 0.278. The van der Waals surface area contributed by atoms with Crippen molar-refractivity contribution in [1.29, 1.82) is 0 Å². The van der Waals surface area contributed by atoms with E-state index in [1.165, 1.54) is 18.2 Å². The number of amides is 1. The first kappa shape index (κ1) is 16.0. The Bertz CT molecular complexity index is 626. The maximum Gasteiger partial charge on any atom is 0.251 e. The van der Waals surface area contributed by atoms with E-state index < -0.39 is 5.82 Å². The zero-order valence-corrected chi connectivity index (χ0v) is 12.8. The first-order valence-electron chi connectivity index (χ1n) is 7.37. The molecule has 0 spiro atoms. The highest BCUT2D eigenvalue weighted by atomic mass is 19.1. The third-order valence-corrected chi connectivity index (χ3v) is 3.17. The van der Waals surface area contributed by atoms with E-state index in [-0.39, 0.29) is 11.7 Å². The lowest BCUT2D eigenvalue weighted by Gasteiger charge is -2.10. The van der Waals surface area contributed by atoms with Crippen LogP contribution in [-0.4, -0.2) is 12.5 Å². The zero-order chi connectivity index (χ0) is 15.9. The van der Waals surface area contributed by atoms with Crippen molar-refractivity contribution >= 4 is 5.91 Å². The van der Waals surface area contributed by atoms with Gasteiger partial charge in [-0.05, 0) is 42.7 Å². The smallest absolute Gasteiger partial charge is 0.251 e. The van der Waals surface area contributed by atoms with Gasteiger partial charge in [0.1, 0.15) is 5.75 Å². The number of carbonyl (C=O) groups is 1. The lowest BCUT2D eigenvalue weighted by Crippen LogP contribution is -2.25. The van der Waals surface area contributed by atoms with Crippen LogP contribution in [0.5, 0.6) is 11.5 Å². The van der Waals surface area contributed by atoms with Crippen LogP contribution in [0.2, 0.25) is 0 Å². The second-order valence-electron chi connectivity index (χ2n) is 5.50. The Kier molecular flexibility index (Phi) is 5.53. The van der Waals surface area contributed by atoms with Gasteiger partial charge in [0.05, 0.1) is 0 Å². The van der Waals surface area contributed by atoms with Gasteiger partial charge < -0.3 is 10.1 Å². The van der Waals surface area contributed by atoms with Gasteiger partial charge in [-0.15, -0.1) is 0 Å². The maximum atomic E-state index is 13.8. The summed E-state index contributed by atoms with van der Waals surface area (Å²) in [5, 5.41) is 2.82. The minimum absolute atomic E-state index is 0.0442. The van der Waals surface area contributed by atoms with Crippen molar-refractivity contribution < 1.29 is 13.9 Å². The number of ether oxygens (including phenoxy) is 1. The first-order valence-corrected chi connectivity index (χ1v) is 7.37. The maximum absolute atomic E-state index is 13.8. The van der Waals surface area contributed by atoms with Gasteiger partial charge in [0.15, 0.2) is 11.6 Å². The molecular weight excluding hydrogens is 281 g/mol. The highest BCUT2D eigenvalue weighted by Crippen LogP contribution is 2.25. The fourth-order valence-corrected chi connectivity index (χ4v) is 1.91. The van der Waals surface area contributed by atoms with Gasteiger partial charge in [-0.25, -0.2) is 4.39 Å². The van der Waals surface area contributed by atoms with E-state index in [4.69, 9.17) is 4.74 Å². The largest absolute Gasteiger partial charge is 0.454 e. The SMILES string of the molecule is CC(C)CCNC(=O)c1ccc(F)c(Oc2ccccc2)c1. The van der Waals surface area contributed by atoms with E-state index in [0.29, 0.717) is 23.8 Å². The van der Waals surface area contributed by atoms with Gasteiger partial charge in [-0.1, -0.05) is 32.0 Å². The summed E-state index contributed by atoms with van der Waals surface area (Å²) in [7, 11) is 0. The highest BCUT2D eigenvalue weighted by molar-refractivity contribution is 5.94. The summed E-state index contributed by atoms with van der Waals surface area (Å²) in [6.45, 7) is 4.79. The predicted molar refractivity (Wildman–Crippen MR) is 84.7 cm³/mol. The van der Waals surface area contributed by atoms with E-state index in [0.717, 1.165) is 6.42 Å². The van der Waals surface area contributed by atoms with Gasteiger partial charge in [0, 0.05) is 12.1 Å². The summed E-state index contributed by atoms with van der Waals surface area (Å²) in [4.78, 5) is 12.1. The summed E-state index contributed by atoms with van der Waals surface area (Å²) in [5.74, 6) is 0.369. The van der Waals surface area contributed by atoms with Crippen LogP contribution in [0.3, 0.4) is 0 Å². The molecule has 0 aliphatic heterocycles. The lowest BCUT2D eigenvalue weighted by molar-refractivity contribution is 0.0951. The summed E-state index contributed by atoms with van der Waals surface area (Å²) < 4.78 is 19.3. The zero-order valence-electron chi connectivity index (χ0n) is 12.8. The number of halogens is 1. The van der Waals surface area contributed by atoms with Crippen molar-refractivity contribution in [3.8, 4) is 11.5 Å². The van der Waals surface area contributed by atoms with Crippen LogP contribution >= 0.6 is 0 Å². The molecule has 22 heavy (non-hydrogen) atoms. The highest BCUT2D eigenvalue weighted by Gasteiger charge is 2.11. The van der Waals surface area contributed by atoms with Crippen molar-refractivity contribution in [2.45, 2.75) is 20.3 Å². The summed E-state index contributed by atoms with van der Waals surface area (Å²) in [5.41, 5.74) is 0.385. The number of rotatable bonds is 6. The molecule has 0 saturated carbocycles. The van der Waals surface area contributed by atoms with Gasteiger partial charge in [-0.2, -0.15) is 0 Å². The monoisotopic (exact) mass is 301 g/mol. The minimum Gasteiger partial charge on any atom is -0.454 e. The molecule has 0 aliphatic carbocycles. The van der Waals surface area contributed by atoms with Crippen LogP contribution < -0.4 is 10.1 Å². The van der Waals surface area contributed by atoms with E-state index >= 15 is 0 Å². The second-order valence-corrected chi connectivity index (χ2v) is 5.50.